The Morgan fingerprint density at radius 1 is 1.47 bits per heavy atom. The standard InChI is InChI=1S/C14H30N4.HI/c1-11(2)17-13(15)16-10-14(18(4)5)8-6-7-12(3)9-14;/h11-12H,6-10H2,1-5H3,(H3,15,16,17);1H. The van der Waals surface area contributed by atoms with Gasteiger partial charge in [0.05, 0.1) is 6.54 Å². The van der Waals surface area contributed by atoms with E-state index in [1.807, 2.05) is 0 Å². The largest absolute Gasteiger partial charge is 0.370 e. The average Bonchev–Trinajstić information content (AvgIpc) is 2.25. The average molecular weight is 382 g/mol. The smallest absolute Gasteiger partial charge is 0.188 e. The molecule has 1 aliphatic rings. The highest BCUT2D eigenvalue weighted by Gasteiger charge is 2.36. The van der Waals surface area contributed by atoms with Crippen molar-refractivity contribution < 1.29 is 0 Å². The van der Waals surface area contributed by atoms with Crippen LogP contribution in [0.15, 0.2) is 4.99 Å². The van der Waals surface area contributed by atoms with E-state index in [1.54, 1.807) is 0 Å². The number of nitrogens with one attached hydrogen (secondary N) is 1. The van der Waals surface area contributed by atoms with Crippen LogP contribution in [0.3, 0.4) is 0 Å². The second kappa shape index (κ2) is 8.29. The molecule has 2 unspecified atom stereocenters. The van der Waals surface area contributed by atoms with Crippen LogP contribution >= 0.6 is 24.0 Å². The molecular formula is C14H31IN4. The maximum atomic E-state index is 5.91. The Labute approximate surface area is 135 Å². The van der Waals surface area contributed by atoms with Gasteiger partial charge < -0.3 is 16.0 Å². The number of guanidine groups is 1. The molecule has 1 aliphatic carbocycles. The van der Waals surface area contributed by atoms with Crippen LogP contribution < -0.4 is 11.1 Å². The first-order valence-electron chi connectivity index (χ1n) is 7.09. The molecule has 0 aliphatic heterocycles. The summed E-state index contributed by atoms with van der Waals surface area (Å²) < 4.78 is 0. The number of nitrogens with two attached hydrogens (primary N) is 1. The van der Waals surface area contributed by atoms with Gasteiger partial charge in [-0.05, 0) is 46.7 Å². The monoisotopic (exact) mass is 382 g/mol. The topological polar surface area (TPSA) is 53.6 Å². The Bertz CT molecular complexity index is 291. The molecule has 4 nitrogen and oxygen atoms in total. The lowest BCUT2D eigenvalue weighted by Crippen LogP contribution is -2.51. The fourth-order valence-corrected chi connectivity index (χ4v) is 2.90. The number of nitrogens with zero attached hydrogens (tertiary/aromatic N) is 2. The molecule has 19 heavy (non-hydrogen) atoms. The minimum Gasteiger partial charge on any atom is -0.370 e. The van der Waals surface area contributed by atoms with Crippen molar-refractivity contribution in [1.29, 1.82) is 0 Å². The van der Waals surface area contributed by atoms with E-state index in [1.165, 1.54) is 25.7 Å². The van der Waals surface area contributed by atoms with Crippen molar-refractivity contribution in [3.63, 3.8) is 0 Å². The van der Waals surface area contributed by atoms with E-state index >= 15 is 0 Å². The van der Waals surface area contributed by atoms with Crippen LogP contribution in [-0.4, -0.2) is 43.1 Å². The summed E-state index contributed by atoms with van der Waals surface area (Å²) in [4.78, 5) is 6.90. The molecule has 0 amide bonds. The van der Waals surface area contributed by atoms with Crippen molar-refractivity contribution in [2.75, 3.05) is 20.6 Å². The lowest BCUT2D eigenvalue weighted by molar-refractivity contribution is 0.0845. The van der Waals surface area contributed by atoms with Crippen molar-refractivity contribution in [1.82, 2.24) is 10.2 Å². The fraction of sp³-hybridized carbons (Fsp3) is 0.929. The van der Waals surface area contributed by atoms with Gasteiger partial charge in [0.25, 0.3) is 0 Å². The van der Waals surface area contributed by atoms with Crippen molar-refractivity contribution in [2.24, 2.45) is 16.6 Å². The molecule has 5 heteroatoms. The molecule has 1 fully saturated rings. The van der Waals surface area contributed by atoms with E-state index in [2.05, 4.69) is 50.1 Å². The Morgan fingerprint density at radius 2 is 2.11 bits per heavy atom. The van der Waals surface area contributed by atoms with Crippen molar-refractivity contribution in [3.05, 3.63) is 0 Å². The summed E-state index contributed by atoms with van der Waals surface area (Å²) >= 11 is 0. The number of hydrogen-bond donors (Lipinski definition) is 2. The van der Waals surface area contributed by atoms with Crippen LogP contribution in [0.4, 0.5) is 0 Å². The zero-order chi connectivity index (χ0) is 13.8. The number of halogens is 1. The lowest BCUT2D eigenvalue weighted by atomic mass is 9.75. The highest BCUT2D eigenvalue weighted by molar-refractivity contribution is 14.0. The minimum absolute atomic E-state index is 0. The minimum atomic E-state index is 0. The van der Waals surface area contributed by atoms with Crippen molar-refractivity contribution in [2.45, 2.75) is 58.0 Å². The second-order valence-corrected chi connectivity index (χ2v) is 6.32. The Kier molecular flexibility index (Phi) is 8.27. The van der Waals surface area contributed by atoms with Gasteiger partial charge in [-0.1, -0.05) is 19.8 Å². The van der Waals surface area contributed by atoms with Gasteiger partial charge >= 0.3 is 0 Å². The quantitative estimate of drug-likeness (QED) is 0.446. The highest BCUT2D eigenvalue weighted by atomic mass is 127. The molecule has 2 atom stereocenters. The summed E-state index contributed by atoms with van der Waals surface area (Å²) in [5.74, 6) is 1.36. The SMILES string of the molecule is CC1CCCC(CN=C(N)NC(C)C)(N(C)C)C1.I. The molecule has 1 saturated carbocycles. The molecule has 0 bridgehead atoms. The molecule has 0 heterocycles. The number of likely N-dealkylation sites (N-methyl/N-ethyl adjacent to an activating group) is 1. The Morgan fingerprint density at radius 3 is 2.58 bits per heavy atom. The van der Waals surface area contributed by atoms with Crippen LogP contribution in [0, 0.1) is 5.92 Å². The summed E-state index contributed by atoms with van der Waals surface area (Å²) in [5.41, 5.74) is 6.10. The Hall–Kier alpha value is -0.0400. The van der Waals surface area contributed by atoms with E-state index in [4.69, 9.17) is 5.73 Å². The van der Waals surface area contributed by atoms with E-state index in [0.29, 0.717) is 12.0 Å². The molecule has 0 aromatic rings. The summed E-state index contributed by atoms with van der Waals surface area (Å²) in [7, 11) is 4.33. The fourth-order valence-electron chi connectivity index (χ4n) is 2.90. The van der Waals surface area contributed by atoms with Crippen molar-refractivity contribution >= 4 is 29.9 Å². The first-order chi connectivity index (χ1) is 8.35. The second-order valence-electron chi connectivity index (χ2n) is 6.32. The van der Waals surface area contributed by atoms with Gasteiger partial charge in [0.2, 0.25) is 0 Å². The zero-order valence-corrected chi connectivity index (χ0v) is 15.4. The molecule has 114 valence electrons. The zero-order valence-electron chi connectivity index (χ0n) is 13.1. The van der Waals surface area contributed by atoms with E-state index in [-0.39, 0.29) is 29.5 Å². The Balaban J connectivity index is 0.00000324. The third kappa shape index (κ3) is 5.85. The predicted molar refractivity (Wildman–Crippen MR) is 94.2 cm³/mol. The summed E-state index contributed by atoms with van der Waals surface area (Å²) in [6.45, 7) is 7.30. The highest BCUT2D eigenvalue weighted by Crippen LogP contribution is 2.35. The van der Waals surface area contributed by atoms with Crippen LogP contribution in [0.25, 0.3) is 0 Å². The maximum Gasteiger partial charge on any atom is 0.188 e. The first-order valence-corrected chi connectivity index (χ1v) is 7.09. The first kappa shape index (κ1) is 19.0. The summed E-state index contributed by atoms with van der Waals surface area (Å²) in [6, 6.07) is 0.342. The van der Waals surface area contributed by atoms with Gasteiger partial charge in [-0.15, -0.1) is 24.0 Å². The maximum absolute atomic E-state index is 5.91. The van der Waals surface area contributed by atoms with Crippen LogP contribution in [0.2, 0.25) is 0 Å². The summed E-state index contributed by atoms with van der Waals surface area (Å²) in [5, 5.41) is 3.16. The van der Waals surface area contributed by atoms with Gasteiger partial charge in [-0.3, -0.25) is 4.99 Å². The molecule has 0 aromatic carbocycles. The molecular weight excluding hydrogens is 351 g/mol. The predicted octanol–water partition coefficient (Wildman–Crippen LogP) is 2.43. The van der Waals surface area contributed by atoms with E-state index in [9.17, 15) is 0 Å². The molecule has 0 aromatic heterocycles. The van der Waals surface area contributed by atoms with Gasteiger partial charge in [0.1, 0.15) is 0 Å². The third-order valence-electron chi connectivity index (χ3n) is 4.00. The molecule has 1 rings (SSSR count). The molecule has 0 spiro atoms. The van der Waals surface area contributed by atoms with Crippen LogP contribution in [-0.2, 0) is 0 Å². The number of aliphatic imine (C=N–C) groups is 1. The van der Waals surface area contributed by atoms with Gasteiger partial charge in [0, 0.05) is 11.6 Å². The van der Waals surface area contributed by atoms with Crippen LogP contribution in [0.5, 0.6) is 0 Å². The van der Waals surface area contributed by atoms with E-state index in [0.717, 1.165) is 12.5 Å². The van der Waals surface area contributed by atoms with Gasteiger partial charge in [-0.25, -0.2) is 0 Å². The van der Waals surface area contributed by atoms with E-state index < -0.39 is 0 Å². The normalized spacial score (nSPS) is 28.4. The summed E-state index contributed by atoms with van der Waals surface area (Å²) in [6.07, 6.45) is 5.09. The molecule has 0 radical (unpaired) electrons. The number of rotatable bonds is 4. The van der Waals surface area contributed by atoms with Crippen molar-refractivity contribution in [3.8, 4) is 0 Å². The molecule has 0 saturated heterocycles. The third-order valence-corrected chi connectivity index (χ3v) is 4.00. The van der Waals surface area contributed by atoms with Gasteiger partial charge in [0.15, 0.2) is 5.96 Å². The van der Waals surface area contributed by atoms with Crippen LogP contribution in [0.1, 0.15) is 46.5 Å². The lowest BCUT2D eigenvalue weighted by Gasteiger charge is -2.44. The molecule has 3 N–H and O–H groups in total. The van der Waals surface area contributed by atoms with Gasteiger partial charge in [-0.2, -0.15) is 0 Å². The number of hydrogen-bond acceptors (Lipinski definition) is 2.